The first-order valence-electron chi connectivity index (χ1n) is 11.0. The molecule has 3 aromatic rings. The Bertz CT molecular complexity index is 1210. The van der Waals surface area contributed by atoms with Crippen molar-refractivity contribution in [3.05, 3.63) is 94.5 Å². The average Bonchev–Trinajstić information content (AvgIpc) is 2.83. The van der Waals surface area contributed by atoms with Gasteiger partial charge in [-0.15, -0.1) is 0 Å². The van der Waals surface area contributed by atoms with Crippen LogP contribution in [0.1, 0.15) is 41.4 Å². The van der Waals surface area contributed by atoms with Crippen molar-refractivity contribution in [2.24, 2.45) is 0 Å². The number of nitrogens with one attached hydrogen (secondary N) is 1. The van der Waals surface area contributed by atoms with Crippen molar-refractivity contribution >= 4 is 27.4 Å². The van der Waals surface area contributed by atoms with E-state index in [2.05, 4.69) is 5.32 Å². The van der Waals surface area contributed by atoms with Crippen molar-refractivity contribution in [1.29, 1.82) is 0 Å². The minimum Gasteiger partial charge on any atom is -0.462 e. The number of benzene rings is 3. The van der Waals surface area contributed by atoms with Crippen LogP contribution >= 0.6 is 11.6 Å². The van der Waals surface area contributed by atoms with Crippen LogP contribution in [0.25, 0.3) is 0 Å². The first kappa shape index (κ1) is 25.9. The Hall–Kier alpha value is -2.71. The van der Waals surface area contributed by atoms with E-state index in [1.54, 1.807) is 49.4 Å². The fourth-order valence-electron chi connectivity index (χ4n) is 3.50. The third kappa shape index (κ3) is 6.67. The zero-order valence-corrected chi connectivity index (χ0v) is 20.6. The Kier molecular flexibility index (Phi) is 8.85. The van der Waals surface area contributed by atoms with E-state index in [-0.39, 0.29) is 22.4 Å². The first-order chi connectivity index (χ1) is 16.2. The highest BCUT2D eigenvalue weighted by Gasteiger charge is 2.19. The number of carbonyl (C=O) groups excluding carboxylic acids is 1. The average molecular weight is 502 g/mol. The summed E-state index contributed by atoms with van der Waals surface area (Å²) in [5.74, 6) is -0.487. The number of aliphatic hydroxyl groups excluding tert-OH is 1. The minimum atomic E-state index is -3.71. The Morgan fingerprint density at radius 1 is 1.03 bits per heavy atom. The van der Waals surface area contributed by atoms with Gasteiger partial charge in [0.05, 0.1) is 28.1 Å². The summed E-state index contributed by atoms with van der Waals surface area (Å²) in [6, 6.07) is 19.6. The zero-order valence-electron chi connectivity index (χ0n) is 19.1. The van der Waals surface area contributed by atoms with Gasteiger partial charge in [-0.2, -0.15) is 0 Å². The van der Waals surface area contributed by atoms with Gasteiger partial charge in [-0.3, -0.25) is 0 Å². The SMILES string of the molecule is CCOC(=O)c1ccc(S(=O)(=O)c2ccc(C[C@@H](C)NC[C@@H](O)c3cccc(Cl)c3)cc2)cc1. The molecule has 0 aliphatic carbocycles. The highest BCUT2D eigenvalue weighted by molar-refractivity contribution is 7.91. The maximum absolute atomic E-state index is 12.9. The van der Waals surface area contributed by atoms with Crippen LogP contribution < -0.4 is 5.32 Å². The van der Waals surface area contributed by atoms with Crippen LogP contribution in [0.2, 0.25) is 5.02 Å². The molecule has 0 radical (unpaired) electrons. The van der Waals surface area contributed by atoms with Crippen LogP contribution in [-0.4, -0.2) is 38.7 Å². The fourth-order valence-corrected chi connectivity index (χ4v) is 4.96. The number of sulfone groups is 1. The molecule has 0 heterocycles. The normalized spacial score (nSPS) is 13.3. The number of ether oxygens (including phenoxy) is 1. The van der Waals surface area contributed by atoms with Gasteiger partial charge >= 0.3 is 5.97 Å². The van der Waals surface area contributed by atoms with Crippen molar-refractivity contribution in [3.63, 3.8) is 0 Å². The summed E-state index contributed by atoms with van der Waals surface area (Å²) in [6.07, 6.45) is -0.0134. The van der Waals surface area contributed by atoms with E-state index in [1.807, 2.05) is 13.0 Å². The summed E-state index contributed by atoms with van der Waals surface area (Å²) >= 11 is 5.98. The molecular weight excluding hydrogens is 474 g/mol. The van der Waals surface area contributed by atoms with Gasteiger partial charge in [-0.05, 0) is 79.9 Å². The molecule has 3 aromatic carbocycles. The number of hydrogen-bond donors (Lipinski definition) is 2. The molecule has 180 valence electrons. The Morgan fingerprint density at radius 2 is 1.65 bits per heavy atom. The molecule has 0 bridgehead atoms. The Balaban J connectivity index is 1.60. The summed E-state index contributed by atoms with van der Waals surface area (Å²) in [5, 5.41) is 14.2. The van der Waals surface area contributed by atoms with Crippen LogP contribution in [0, 0.1) is 0 Å². The van der Waals surface area contributed by atoms with Crippen molar-refractivity contribution in [2.45, 2.75) is 42.2 Å². The van der Waals surface area contributed by atoms with Crippen LogP contribution in [-0.2, 0) is 21.0 Å². The van der Waals surface area contributed by atoms with Crippen LogP contribution in [0.5, 0.6) is 0 Å². The number of rotatable bonds is 10. The van der Waals surface area contributed by atoms with E-state index in [0.717, 1.165) is 11.1 Å². The molecule has 8 heteroatoms. The van der Waals surface area contributed by atoms with Gasteiger partial charge < -0.3 is 15.2 Å². The predicted molar refractivity (Wildman–Crippen MR) is 132 cm³/mol. The number of aliphatic hydroxyl groups is 1. The molecule has 2 N–H and O–H groups in total. The minimum absolute atomic E-state index is 0.0618. The molecular formula is C26H28ClNO5S. The standard InChI is InChI=1S/C26H28ClNO5S/c1-3-33-26(30)20-9-13-24(14-10-20)34(31,32)23-11-7-19(8-12-23)15-18(2)28-17-25(29)21-5-4-6-22(27)16-21/h4-14,16,18,25,28-29H,3,15,17H2,1-2H3/t18-,25-/m1/s1. The molecule has 0 amide bonds. The van der Waals surface area contributed by atoms with Crippen LogP contribution in [0.4, 0.5) is 0 Å². The van der Waals surface area contributed by atoms with Gasteiger partial charge in [0, 0.05) is 17.6 Å². The lowest BCUT2D eigenvalue weighted by Crippen LogP contribution is -2.32. The van der Waals surface area contributed by atoms with Crippen molar-refractivity contribution in [2.75, 3.05) is 13.2 Å². The molecule has 6 nitrogen and oxygen atoms in total. The number of carbonyl (C=O) groups is 1. The van der Waals surface area contributed by atoms with E-state index >= 15 is 0 Å². The van der Waals surface area contributed by atoms with Crippen LogP contribution in [0.3, 0.4) is 0 Å². The molecule has 34 heavy (non-hydrogen) atoms. The van der Waals surface area contributed by atoms with Gasteiger partial charge in [0.2, 0.25) is 9.84 Å². The summed E-state index contributed by atoms with van der Waals surface area (Å²) in [6.45, 7) is 4.33. The molecule has 3 rings (SSSR count). The smallest absolute Gasteiger partial charge is 0.338 e. The Labute approximate surface area is 205 Å². The monoisotopic (exact) mass is 501 g/mol. The van der Waals surface area contributed by atoms with Crippen molar-refractivity contribution < 1.29 is 23.1 Å². The maximum atomic E-state index is 12.9. The van der Waals surface area contributed by atoms with E-state index in [0.29, 0.717) is 23.6 Å². The lowest BCUT2D eigenvalue weighted by molar-refractivity contribution is 0.0526. The summed E-state index contributed by atoms with van der Waals surface area (Å²) in [5.41, 5.74) is 2.02. The molecule has 0 unspecified atom stereocenters. The fraction of sp³-hybridized carbons (Fsp3) is 0.269. The van der Waals surface area contributed by atoms with E-state index in [1.165, 1.54) is 24.3 Å². The summed E-state index contributed by atoms with van der Waals surface area (Å²) in [4.78, 5) is 12.1. The quantitative estimate of drug-likeness (QED) is 0.394. The number of hydrogen-bond acceptors (Lipinski definition) is 6. The summed E-state index contributed by atoms with van der Waals surface area (Å²) in [7, 11) is -3.71. The van der Waals surface area contributed by atoms with Gasteiger partial charge in [-0.1, -0.05) is 35.9 Å². The molecule has 0 aliphatic rings. The van der Waals surface area contributed by atoms with E-state index in [4.69, 9.17) is 16.3 Å². The van der Waals surface area contributed by atoms with E-state index in [9.17, 15) is 18.3 Å². The molecule has 0 saturated heterocycles. The van der Waals surface area contributed by atoms with Crippen molar-refractivity contribution in [1.82, 2.24) is 5.32 Å². The third-order valence-corrected chi connectivity index (χ3v) is 7.37. The van der Waals surface area contributed by atoms with Crippen LogP contribution in [0.15, 0.2) is 82.6 Å². The predicted octanol–water partition coefficient (Wildman–Crippen LogP) is 4.60. The van der Waals surface area contributed by atoms with Gasteiger partial charge in [0.25, 0.3) is 0 Å². The van der Waals surface area contributed by atoms with Gasteiger partial charge in [0.15, 0.2) is 0 Å². The Morgan fingerprint density at radius 3 is 2.24 bits per heavy atom. The summed E-state index contributed by atoms with van der Waals surface area (Å²) < 4.78 is 30.8. The van der Waals surface area contributed by atoms with Crippen molar-refractivity contribution in [3.8, 4) is 0 Å². The second-order valence-corrected chi connectivity index (χ2v) is 10.4. The molecule has 0 fully saturated rings. The van der Waals surface area contributed by atoms with E-state index < -0.39 is 21.9 Å². The molecule has 2 atom stereocenters. The lowest BCUT2D eigenvalue weighted by Gasteiger charge is -2.18. The molecule has 0 aliphatic heterocycles. The highest BCUT2D eigenvalue weighted by Crippen LogP contribution is 2.22. The second kappa shape index (κ2) is 11.6. The first-order valence-corrected chi connectivity index (χ1v) is 12.8. The number of halogens is 1. The lowest BCUT2D eigenvalue weighted by atomic mass is 10.1. The molecule has 0 saturated carbocycles. The topological polar surface area (TPSA) is 92.7 Å². The number of esters is 1. The second-order valence-electron chi connectivity index (χ2n) is 7.98. The third-order valence-electron chi connectivity index (χ3n) is 5.34. The molecule has 0 aromatic heterocycles. The van der Waals surface area contributed by atoms with Gasteiger partial charge in [-0.25, -0.2) is 13.2 Å². The highest BCUT2D eigenvalue weighted by atomic mass is 35.5. The van der Waals surface area contributed by atoms with Gasteiger partial charge in [0.1, 0.15) is 0 Å². The zero-order chi connectivity index (χ0) is 24.7. The molecule has 0 spiro atoms. The maximum Gasteiger partial charge on any atom is 0.338 e. The largest absolute Gasteiger partial charge is 0.462 e.